The Labute approximate surface area is 111 Å². The molecule has 0 aliphatic heterocycles. The van der Waals surface area contributed by atoms with E-state index in [1.807, 2.05) is 12.1 Å². The summed E-state index contributed by atoms with van der Waals surface area (Å²) < 4.78 is 5.59. The summed E-state index contributed by atoms with van der Waals surface area (Å²) in [6.07, 6.45) is 1.94. The number of Topliss-reactive ketones (excluding diaryl/α,β-unsaturated/α-hetero) is 1. The average molecular weight is 252 g/mol. The van der Waals surface area contributed by atoms with Gasteiger partial charge >= 0.3 is 0 Å². The zero-order chi connectivity index (χ0) is 13.7. The Bertz CT molecular complexity index is 627. The van der Waals surface area contributed by atoms with E-state index in [1.165, 1.54) is 6.92 Å². The zero-order valence-electron chi connectivity index (χ0n) is 10.5. The van der Waals surface area contributed by atoms with E-state index >= 15 is 0 Å². The van der Waals surface area contributed by atoms with Gasteiger partial charge in [0.15, 0.2) is 5.78 Å². The molecule has 2 aromatic rings. The maximum atomic E-state index is 11.4. The third kappa shape index (κ3) is 3.17. The van der Waals surface area contributed by atoms with Crippen molar-refractivity contribution in [2.24, 2.45) is 0 Å². The smallest absolute Gasteiger partial charge is 0.230 e. The molecule has 0 N–H and O–H groups in total. The van der Waals surface area contributed by atoms with Crippen LogP contribution in [0.5, 0.6) is 11.6 Å². The third-order valence-electron chi connectivity index (χ3n) is 2.57. The molecule has 0 amide bonds. The molecule has 1 aromatic carbocycles. The zero-order valence-corrected chi connectivity index (χ0v) is 10.5. The summed E-state index contributed by atoms with van der Waals surface area (Å²) in [7, 11) is 0. The van der Waals surface area contributed by atoms with E-state index in [0.29, 0.717) is 23.6 Å². The second kappa shape index (κ2) is 5.78. The van der Waals surface area contributed by atoms with Crippen molar-refractivity contribution >= 4 is 5.78 Å². The van der Waals surface area contributed by atoms with Crippen molar-refractivity contribution in [2.45, 2.75) is 13.3 Å². The molecule has 4 heteroatoms. The van der Waals surface area contributed by atoms with Crippen molar-refractivity contribution in [3.63, 3.8) is 0 Å². The molecule has 0 saturated carbocycles. The van der Waals surface area contributed by atoms with Gasteiger partial charge in [0.2, 0.25) is 5.88 Å². The van der Waals surface area contributed by atoms with Crippen molar-refractivity contribution in [1.29, 1.82) is 5.26 Å². The molecule has 4 nitrogen and oxygen atoms in total. The number of carbonyl (C=O) groups excluding carboxylic acids is 1. The highest BCUT2D eigenvalue weighted by atomic mass is 16.5. The molecule has 0 aliphatic carbocycles. The molecule has 0 spiro atoms. The van der Waals surface area contributed by atoms with E-state index < -0.39 is 0 Å². The minimum atomic E-state index is -0.0933. The first-order valence-corrected chi connectivity index (χ1v) is 5.80. The van der Waals surface area contributed by atoms with E-state index in [2.05, 4.69) is 11.1 Å². The number of benzene rings is 1. The van der Waals surface area contributed by atoms with Crippen LogP contribution in [-0.2, 0) is 6.42 Å². The lowest BCUT2D eigenvalue weighted by Crippen LogP contribution is -1.98. The molecule has 0 unspecified atom stereocenters. The van der Waals surface area contributed by atoms with Gasteiger partial charge in [-0.05, 0) is 36.8 Å². The number of hydrogen-bond acceptors (Lipinski definition) is 4. The molecule has 0 aliphatic rings. The van der Waals surface area contributed by atoms with Gasteiger partial charge in [-0.2, -0.15) is 5.26 Å². The van der Waals surface area contributed by atoms with Crippen LogP contribution in [0.15, 0.2) is 42.6 Å². The quantitative estimate of drug-likeness (QED) is 0.784. The number of nitriles is 1. The van der Waals surface area contributed by atoms with E-state index in [0.717, 1.165) is 5.56 Å². The van der Waals surface area contributed by atoms with Crippen LogP contribution in [0.25, 0.3) is 0 Å². The molecule has 2 rings (SSSR count). The first-order valence-electron chi connectivity index (χ1n) is 5.80. The highest BCUT2D eigenvalue weighted by Crippen LogP contribution is 2.23. The van der Waals surface area contributed by atoms with Crippen molar-refractivity contribution < 1.29 is 9.53 Å². The second-order valence-corrected chi connectivity index (χ2v) is 3.99. The first kappa shape index (κ1) is 12.8. The number of ketones is 1. The van der Waals surface area contributed by atoms with Gasteiger partial charge < -0.3 is 4.74 Å². The highest BCUT2D eigenvalue weighted by Gasteiger charge is 2.09. The maximum absolute atomic E-state index is 11.4. The van der Waals surface area contributed by atoms with Crippen LogP contribution in [0.4, 0.5) is 0 Å². The third-order valence-corrected chi connectivity index (χ3v) is 2.57. The lowest BCUT2D eigenvalue weighted by Gasteiger charge is -2.08. The Morgan fingerprint density at radius 1 is 1.32 bits per heavy atom. The summed E-state index contributed by atoms with van der Waals surface area (Å²) in [5, 5.41) is 8.59. The second-order valence-electron chi connectivity index (χ2n) is 3.99. The standard InChI is InChI=1S/C15H12N2O2/c1-11(18)14-3-2-10-17-15(14)19-13-6-4-12(5-7-13)8-9-16/h2-7,10H,8H2,1H3. The summed E-state index contributed by atoms with van der Waals surface area (Å²) in [6, 6.07) is 12.6. The molecule has 0 fully saturated rings. The van der Waals surface area contributed by atoms with Gasteiger partial charge in [-0.1, -0.05) is 12.1 Å². The Kier molecular flexibility index (Phi) is 3.89. The number of pyridine rings is 1. The summed E-state index contributed by atoms with van der Waals surface area (Å²) >= 11 is 0. The Morgan fingerprint density at radius 2 is 2.05 bits per heavy atom. The van der Waals surface area contributed by atoms with Crippen LogP contribution in [0.2, 0.25) is 0 Å². The first-order chi connectivity index (χ1) is 9.20. The molecule has 0 saturated heterocycles. The van der Waals surface area contributed by atoms with E-state index in [-0.39, 0.29) is 5.78 Å². The predicted octanol–water partition coefficient (Wildman–Crippen LogP) is 3.14. The van der Waals surface area contributed by atoms with Gasteiger partial charge in [0, 0.05) is 6.20 Å². The summed E-state index contributed by atoms with van der Waals surface area (Å²) in [4.78, 5) is 15.5. The Hall–Kier alpha value is -2.67. The molecule has 0 bridgehead atoms. The van der Waals surface area contributed by atoms with Gasteiger partial charge in [0.05, 0.1) is 18.1 Å². The number of ether oxygens (including phenoxy) is 1. The van der Waals surface area contributed by atoms with Gasteiger partial charge in [-0.25, -0.2) is 4.98 Å². The fourth-order valence-electron chi connectivity index (χ4n) is 1.62. The summed E-state index contributed by atoms with van der Waals surface area (Å²) in [5.74, 6) is 0.787. The fourth-order valence-corrected chi connectivity index (χ4v) is 1.62. The molecular formula is C15H12N2O2. The monoisotopic (exact) mass is 252 g/mol. The molecule has 0 atom stereocenters. The fraction of sp³-hybridized carbons (Fsp3) is 0.133. The molecule has 1 heterocycles. The largest absolute Gasteiger partial charge is 0.438 e. The van der Waals surface area contributed by atoms with Gasteiger partial charge in [0.25, 0.3) is 0 Å². The average Bonchev–Trinajstić information content (AvgIpc) is 2.42. The van der Waals surface area contributed by atoms with Gasteiger partial charge in [0.1, 0.15) is 5.75 Å². The van der Waals surface area contributed by atoms with Crippen molar-refractivity contribution in [3.8, 4) is 17.7 Å². The molecule has 0 radical (unpaired) electrons. The van der Waals surface area contributed by atoms with Crippen LogP contribution in [0.3, 0.4) is 0 Å². The van der Waals surface area contributed by atoms with E-state index in [9.17, 15) is 4.79 Å². The van der Waals surface area contributed by atoms with Crippen LogP contribution in [0, 0.1) is 11.3 Å². The van der Waals surface area contributed by atoms with Crippen molar-refractivity contribution in [2.75, 3.05) is 0 Å². The number of hydrogen-bond donors (Lipinski definition) is 0. The maximum Gasteiger partial charge on any atom is 0.230 e. The van der Waals surface area contributed by atoms with Gasteiger partial charge in [-0.15, -0.1) is 0 Å². The number of rotatable bonds is 4. The lowest BCUT2D eigenvalue weighted by molar-refractivity contribution is 0.101. The van der Waals surface area contributed by atoms with E-state index in [1.54, 1.807) is 30.5 Å². The SMILES string of the molecule is CC(=O)c1cccnc1Oc1ccc(CC#N)cc1. The number of nitrogens with zero attached hydrogens (tertiary/aromatic N) is 2. The lowest BCUT2D eigenvalue weighted by atomic mass is 10.1. The van der Waals surface area contributed by atoms with E-state index in [4.69, 9.17) is 10.00 Å². The molecule has 1 aromatic heterocycles. The van der Waals surface area contributed by atoms with Crippen LogP contribution in [0.1, 0.15) is 22.8 Å². The number of carbonyl (C=O) groups is 1. The summed E-state index contributed by atoms with van der Waals surface area (Å²) in [6.45, 7) is 1.47. The molecule has 94 valence electrons. The van der Waals surface area contributed by atoms with Crippen LogP contribution < -0.4 is 4.74 Å². The van der Waals surface area contributed by atoms with Gasteiger partial charge in [-0.3, -0.25) is 4.79 Å². The van der Waals surface area contributed by atoms with Crippen molar-refractivity contribution in [1.82, 2.24) is 4.98 Å². The van der Waals surface area contributed by atoms with Crippen LogP contribution >= 0.6 is 0 Å². The van der Waals surface area contributed by atoms with Crippen molar-refractivity contribution in [3.05, 3.63) is 53.7 Å². The van der Waals surface area contributed by atoms with Crippen LogP contribution in [-0.4, -0.2) is 10.8 Å². The minimum Gasteiger partial charge on any atom is -0.438 e. The highest BCUT2D eigenvalue weighted by molar-refractivity contribution is 5.96. The Balaban J connectivity index is 2.22. The molecular weight excluding hydrogens is 240 g/mol. The minimum absolute atomic E-state index is 0.0933. The predicted molar refractivity (Wildman–Crippen MR) is 70.1 cm³/mol. The summed E-state index contributed by atoms with van der Waals surface area (Å²) in [5.41, 5.74) is 1.37. The number of aromatic nitrogens is 1. The molecule has 19 heavy (non-hydrogen) atoms. The Morgan fingerprint density at radius 3 is 2.68 bits per heavy atom. The normalized spacial score (nSPS) is 9.68. The topological polar surface area (TPSA) is 63.0 Å².